The number of carbonyl (C=O) groups is 1. The van der Waals surface area contributed by atoms with Gasteiger partial charge in [0.1, 0.15) is 18.2 Å². The highest BCUT2D eigenvalue weighted by Crippen LogP contribution is 2.20. The smallest absolute Gasteiger partial charge is 0.236 e. The minimum atomic E-state index is -0.378. The second kappa shape index (κ2) is 8.13. The molecule has 1 amide bonds. The van der Waals surface area contributed by atoms with Gasteiger partial charge in [-0.25, -0.2) is 4.39 Å². The predicted molar refractivity (Wildman–Crippen MR) is 97.8 cm³/mol. The van der Waals surface area contributed by atoms with Gasteiger partial charge in [0.05, 0.1) is 17.0 Å². The van der Waals surface area contributed by atoms with Crippen molar-refractivity contribution in [3.63, 3.8) is 0 Å². The molecule has 0 bridgehead atoms. The van der Waals surface area contributed by atoms with Gasteiger partial charge in [-0.05, 0) is 42.0 Å². The van der Waals surface area contributed by atoms with E-state index in [9.17, 15) is 9.18 Å². The normalized spacial score (nSPS) is 15.8. The summed E-state index contributed by atoms with van der Waals surface area (Å²) >= 11 is 7.28. The summed E-state index contributed by atoms with van der Waals surface area (Å²) in [5.41, 5.74) is 1.55. The molecular formula is C17H13ClFN3O2S. The number of ether oxygens (including phenoxy) is 1. The van der Waals surface area contributed by atoms with E-state index in [0.29, 0.717) is 27.3 Å². The molecule has 2 aromatic rings. The number of benzene rings is 2. The number of rotatable bonds is 5. The minimum Gasteiger partial charge on any atom is -0.489 e. The molecule has 1 N–H and O–H groups in total. The molecule has 128 valence electrons. The maximum Gasteiger partial charge on any atom is 0.236 e. The summed E-state index contributed by atoms with van der Waals surface area (Å²) in [6.45, 7) is 0.247. The number of amides is 1. The van der Waals surface area contributed by atoms with Gasteiger partial charge >= 0.3 is 0 Å². The van der Waals surface area contributed by atoms with Crippen molar-refractivity contribution >= 4 is 40.7 Å². The first-order chi connectivity index (χ1) is 12.1. The van der Waals surface area contributed by atoms with Gasteiger partial charge in [-0.3, -0.25) is 4.79 Å². The number of thioether (sulfide) groups is 1. The lowest BCUT2D eigenvalue weighted by atomic mass is 10.2. The maximum atomic E-state index is 13.0. The lowest BCUT2D eigenvalue weighted by molar-refractivity contribution is -0.116. The van der Waals surface area contributed by atoms with Crippen LogP contribution < -0.4 is 10.1 Å². The first kappa shape index (κ1) is 17.4. The number of carbonyl (C=O) groups excluding carboxylic acids is 1. The summed E-state index contributed by atoms with van der Waals surface area (Å²) in [6, 6.07) is 11.4. The molecule has 0 atom stereocenters. The van der Waals surface area contributed by atoms with Crippen LogP contribution in [0.1, 0.15) is 11.1 Å². The lowest BCUT2D eigenvalue weighted by Gasteiger charge is -2.08. The third-order valence-electron chi connectivity index (χ3n) is 3.23. The fraction of sp³-hybridized carbons (Fsp3) is 0.118. The van der Waals surface area contributed by atoms with Crippen LogP contribution in [-0.2, 0) is 11.4 Å². The largest absolute Gasteiger partial charge is 0.489 e. The molecule has 0 radical (unpaired) electrons. The molecule has 3 rings (SSSR count). The van der Waals surface area contributed by atoms with Crippen molar-refractivity contribution < 1.29 is 13.9 Å². The molecule has 25 heavy (non-hydrogen) atoms. The number of hydrogen-bond acceptors (Lipinski definition) is 5. The SMILES string of the molecule is O=C1CSC(=NN=Cc2ccc(OCc3ccc(F)cc3Cl)cc2)N1. The number of halogens is 2. The van der Waals surface area contributed by atoms with Crippen molar-refractivity contribution in [2.24, 2.45) is 10.2 Å². The molecule has 5 nitrogen and oxygen atoms in total. The van der Waals surface area contributed by atoms with Crippen LogP contribution in [0.4, 0.5) is 4.39 Å². The highest BCUT2D eigenvalue weighted by atomic mass is 35.5. The molecule has 1 fully saturated rings. The van der Waals surface area contributed by atoms with Gasteiger partial charge in [0, 0.05) is 5.56 Å². The Morgan fingerprint density at radius 2 is 2.08 bits per heavy atom. The first-order valence-corrected chi connectivity index (χ1v) is 8.67. The summed E-state index contributed by atoms with van der Waals surface area (Å²) in [5.74, 6) is 0.582. The summed E-state index contributed by atoms with van der Waals surface area (Å²) in [4.78, 5) is 11.0. The molecule has 1 heterocycles. The average Bonchev–Trinajstić information content (AvgIpc) is 3.01. The Morgan fingerprint density at radius 1 is 1.28 bits per heavy atom. The molecule has 8 heteroatoms. The topological polar surface area (TPSA) is 63.0 Å². The van der Waals surface area contributed by atoms with E-state index in [4.69, 9.17) is 16.3 Å². The lowest BCUT2D eigenvalue weighted by Crippen LogP contribution is -2.19. The van der Waals surface area contributed by atoms with Gasteiger partial charge in [0.25, 0.3) is 0 Å². The molecule has 1 aliphatic heterocycles. The summed E-state index contributed by atoms with van der Waals surface area (Å²) in [7, 11) is 0. The Labute approximate surface area is 152 Å². The van der Waals surface area contributed by atoms with E-state index in [1.54, 1.807) is 24.4 Å². The molecule has 1 aliphatic rings. The van der Waals surface area contributed by atoms with Crippen molar-refractivity contribution in [1.82, 2.24) is 5.32 Å². The number of hydrogen-bond donors (Lipinski definition) is 1. The van der Waals surface area contributed by atoms with E-state index >= 15 is 0 Å². The maximum absolute atomic E-state index is 13.0. The third kappa shape index (κ3) is 5.04. The Balaban J connectivity index is 1.56. The van der Waals surface area contributed by atoms with Crippen molar-refractivity contribution in [3.8, 4) is 5.75 Å². The van der Waals surface area contributed by atoms with Gasteiger partial charge in [-0.15, -0.1) is 5.10 Å². The van der Waals surface area contributed by atoms with Crippen molar-refractivity contribution in [1.29, 1.82) is 0 Å². The molecule has 0 saturated carbocycles. The highest BCUT2D eigenvalue weighted by Gasteiger charge is 2.15. The molecule has 0 spiro atoms. The highest BCUT2D eigenvalue weighted by molar-refractivity contribution is 8.15. The van der Waals surface area contributed by atoms with Crippen LogP contribution in [0.3, 0.4) is 0 Å². The zero-order valence-electron chi connectivity index (χ0n) is 12.9. The summed E-state index contributed by atoms with van der Waals surface area (Å²) < 4.78 is 18.6. The average molecular weight is 378 g/mol. The molecule has 0 aliphatic carbocycles. The number of nitrogens with one attached hydrogen (secondary N) is 1. The van der Waals surface area contributed by atoms with Crippen LogP contribution in [-0.4, -0.2) is 23.0 Å². The Bertz CT molecular complexity index is 840. The van der Waals surface area contributed by atoms with Crippen LogP contribution in [0.5, 0.6) is 5.75 Å². The Kier molecular flexibility index (Phi) is 5.67. The number of amidine groups is 1. The van der Waals surface area contributed by atoms with E-state index in [1.807, 2.05) is 12.1 Å². The van der Waals surface area contributed by atoms with Gasteiger partial charge in [0.2, 0.25) is 5.91 Å². The fourth-order valence-corrected chi connectivity index (χ4v) is 2.83. The van der Waals surface area contributed by atoms with Crippen LogP contribution >= 0.6 is 23.4 Å². The van der Waals surface area contributed by atoms with E-state index in [-0.39, 0.29) is 18.3 Å². The van der Waals surface area contributed by atoms with E-state index < -0.39 is 0 Å². The van der Waals surface area contributed by atoms with Crippen LogP contribution in [0.25, 0.3) is 0 Å². The van der Waals surface area contributed by atoms with Crippen LogP contribution in [0.2, 0.25) is 5.02 Å². The zero-order valence-corrected chi connectivity index (χ0v) is 14.5. The quantitative estimate of drug-likeness (QED) is 0.639. The summed E-state index contributed by atoms with van der Waals surface area (Å²) in [5, 5.41) is 11.3. The first-order valence-electron chi connectivity index (χ1n) is 7.30. The summed E-state index contributed by atoms with van der Waals surface area (Å²) in [6.07, 6.45) is 1.58. The van der Waals surface area contributed by atoms with Crippen molar-refractivity contribution in [2.75, 3.05) is 5.75 Å². The zero-order chi connectivity index (χ0) is 17.6. The van der Waals surface area contributed by atoms with Gasteiger partial charge in [0.15, 0.2) is 5.17 Å². The van der Waals surface area contributed by atoms with Gasteiger partial charge < -0.3 is 10.1 Å². The second-order valence-corrected chi connectivity index (χ2v) is 6.45. The van der Waals surface area contributed by atoms with E-state index in [0.717, 1.165) is 5.56 Å². The molecule has 0 aromatic heterocycles. The fourth-order valence-electron chi connectivity index (χ4n) is 1.98. The van der Waals surface area contributed by atoms with Gasteiger partial charge in [-0.1, -0.05) is 29.4 Å². The molecule has 1 saturated heterocycles. The van der Waals surface area contributed by atoms with Crippen LogP contribution in [0.15, 0.2) is 52.7 Å². The predicted octanol–water partition coefficient (Wildman–Crippen LogP) is 3.61. The Hall–Kier alpha value is -2.38. The van der Waals surface area contributed by atoms with E-state index in [2.05, 4.69) is 15.5 Å². The molecule has 0 unspecified atom stereocenters. The molecular weight excluding hydrogens is 365 g/mol. The second-order valence-electron chi connectivity index (χ2n) is 5.08. The third-order valence-corrected chi connectivity index (χ3v) is 4.45. The standard InChI is InChI=1S/C17H13ClFN3O2S/c18-15-7-13(19)4-3-12(15)9-24-14-5-1-11(2-6-14)8-20-22-17-21-16(23)10-25-17/h1-8H,9-10H2,(H,21,22,23). The number of nitrogens with zero attached hydrogens (tertiary/aromatic N) is 2. The van der Waals surface area contributed by atoms with Crippen molar-refractivity contribution in [2.45, 2.75) is 6.61 Å². The van der Waals surface area contributed by atoms with Gasteiger partial charge in [-0.2, -0.15) is 5.10 Å². The van der Waals surface area contributed by atoms with Crippen LogP contribution in [0, 0.1) is 5.82 Å². The van der Waals surface area contributed by atoms with E-state index in [1.165, 1.54) is 23.9 Å². The Morgan fingerprint density at radius 3 is 2.76 bits per heavy atom. The molecule has 2 aromatic carbocycles. The van der Waals surface area contributed by atoms with Crippen molar-refractivity contribution in [3.05, 3.63) is 64.4 Å². The monoisotopic (exact) mass is 377 g/mol. The minimum absolute atomic E-state index is 0.0679.